The molecule has 0 spiro atoms. The molecule has 0 saturated carbocycles. The molecule has 0 N–H and O–H groups in total. The number of piperidine rings is 1. The molecular formula is C19H20FN3OS. The number of aryl methyl sites for hydroxylation is 1. The molecule has 6 heteroatoms. The van der Waals surface area contributed by atoms with Crippen LogP contribution >= 0.6 is 11.3 Å². The largest absolute Gasteiger partial charge is 0.338 e. The number of hydrogen-bond donors (Lipinski definition) is 0. The number of hydrogen-bond acceptors (Lipinski definition) is 3. The van der Waals surface area contributed by atoms with Crippen LogP contribution in [0.1, 0.15) is 35.1 Å². The fourth-order valence-corrected chi connectivity index (χ4v) is 4.50. The van der Waals surface area contributed by atoms with E-state index >= 15 is 0 Å². The van der Waals surface area contributed by atoms with Crippen LogP contribution in [0, 0.1) is 18.7 Å². The fraction of sp³-hybridized carbons (Fsp3) is 0.368. The summed E-state index contributed by atoms with van der Waals surface area (Å²) in [4.78, 5) is 21.0. The maximum absolute atomic E-state index is 13.1. The van der Waals surface area contributed by atoms with E-state index in [-0.39, 0.29) is 11.7 Å². The third-order valence-electron chi connectivity index (χ3n) is 4.84. The maximum Gasteiger partial charge on any atom is 0.265 e. The summed E-state index contributed by atoms with van der Waals surface area (Å²) in [5.74, 6) is 0.416. The highest BCUT2D eigenvalue weighted by Crippen LogP contribution is 2.29. The van der Waals surface area contributed by atoms with Gasteiger partial charge in [0.2, 0.25) is 0 Å². The van der Waals surface area contributed by atoms with Crippen LogP contribution in [0.15, 0.2) is 30.5 Å². The zero-order valence-corrected chi connectivity index (χ0v) is 15.1. The average Bonchev–Trinajstić information content (AvgIpc) is 3.15. The molecular weight excluding hydrogens is 337 g/mol. The molecule has 0 bridgehead atoms. The molecule has 25 heavy (non-hydrogen) atoms. The number of imidazole rings is 1. The number of amides is 1. The Balaban J connectivity index is 1.66. The zero-order chi connectivity index (χ0) is 17.6. The monoisotopic (exact) mass is 357 g/mol. The Morgan fingerprint density at radius 3 is 2.76 bits per heavy atom. The molecule has 1 aliphatic heterocycles. The molecule has 4 nitrogen and oxygen atoms in total. The van der Waals surface area contributed by atoms with E-state index in [9.17, 15) is 9.18 Å². The van der Waals surface area contributed by atoms with Gasteiger partial charge < -0.3 is 4.90 Å². The van der Waals surface area contributed by atoms with Crippen molar-refractivity contribution in [1.82, 2.24) is 14.3 Å². The Morgan fingerprint density at radius 1 is 1.32 bits per heavy atom. The number of aromatic nitrogens is 2. The lowest BCUT2D eigenvalue weighted by Crippen LogP contribution is -2.39. The lowest BCUT2D eigenvalue weighted by molar-refractivity contribution is 0.0687. The first kappa shape index (κ1) is 16.3. The second-order valence-electron chi connectivity index (χ2n) is 6.80. The Bertz CT molecular complexity index is 928. The van der Waals surface area contributed by atoms with E-state index in [0.29, 0.717) is 5.92 Å². The molecule has 1 aliphatic rings. The predicted molar refractivity (Wildman–Crippen MR) is 97.5 cm³/mol. The summed E-state index contributed by atoms with van der Waals surface area (Å²) in [6, 6.07) is 6.31. The van der Waals surface area contributed by atoms with Crippen molar-refractivity contribution in [1.29, 1.82) is 0 Å². The lowest BCUT2D eigenvalue weighted by atomic mass is 10.0. The van der Waals surface area contributed by atoms with E-state index in [4.69, 9.17) is 0 Å². The minimum absolute atomic E-state index is 0.114. The number of carbonyl (C=O) groups is 1. The minimum Gasteiger partial charge on any atom is -0.338 e. The molecule has 2 aromatic heterocycles. The summed E-state index contributed by atoms with van der Waals surface area (Å²) < 4.78 is 15.1. The molecule has 4 rings (SSSR count). The van der Waals surface area contributed by atoms with Crippen LogP contribution < -0.4 is 0 Å². The summed E-state index contributed by atoms with van der Waals surface area (Å²) in [6.07, 6.45) is 4.19. The second-order valence-corrected chi connectivity index (χ2v) is 7.78. The van der Waals surface area contributed by atoms with Gasteiger partial charge in [-0.3, -0.25) is 9.20 Å². The van der Waals surface area contributed by atoms with Crippen molar-refractivity contribution in [3.05, 3.63) is 46.9 Å². The number of fused-ring (bicyclic) bond motifs is 1. The van der Waals surface area contributed by atoms with Crippen molar-refractivity contribution in [2.24, 2.45) is 5.92 Å². The summed E-state index contributed by atoms with van der Waals surface area (Å²) in [6.45, 7) is 5.83. The van der Waals surface area contributed by atoms with Gasteiger partial charge in [0.15, 0.2) is 4.96 Å². The SMILES string of the molecule is Cc1c(C(=O)N2CCC[C@H](C)C2)sc2nc(-c3ccc(F)cc3)cn12. The molecule has 130 valence electrons. The van der Waals surface area contributed by atoms with Crippen LogP contribution in [0.5, 0.6) is 0 Å². The first-order valence-electron chi connectivity index (χ1n) is 8.56. The van der Waals surface area contributed by atoms with Crippen molar-refractivity contribution in [3.63, 3.8) is 0 Å². The van der Waals surface area contributed by atoms with Crippen molar-refractivity contribution in [3.8, 4) is 11.3 Å². The van der Waals surface area contributed by atoms with Gasteiger partial charge in [-0.05, 0) is 49.9 Å². The van der Waals surface area contributed by atoms with E-state index in [1.165, 1.54) is 29.9 Å². The number of likely N-dealkylation sites (tertiary alicyclic amines) is 1. The highest BCUT2D eigenvalue weighted by atomic mass is 32.1. The topological polar surface area (TPSA) is 37.6 Å². The standard InChI is InChI=1S/C19H20FN3OS/c1-12-4-3-9-22(10-12)18(24)17-13(2)23-11-16(21-19(23)25-17)14-5-7-15(20)8-6-14/h5-8,11-12H,3-4,9-10H2,1-2H3/t12-/m0/s1. The molecule has 1 atom stereocenters. The number of nitrogens with zero attached hydrogens (tertiary/aromatic N) is 3. The molecule has 3 aromatic rings. The van der Waals surface area contributed by atoms with Crippen LogP contribution in [-0.4, -0.2) is 33.3 Å². The first-order chi connectivity index (χ1) is 12.0. The number of carbonyl (C=O) groups excluding carboxylic acids is 1. The number of rotatable bonds is 2. The van der Waals surface area contributed by atoms with Gasteiger partial charge in [-0.1, -0.05) is 18.3 Å². The van der Waals surface area contributed by atoms with Crippen LogP contribution in [0.4, 0.5) is 4.39 Å². The van der Waals surface area contributed by atoms with Crippen LogP contribution in [0.25, 0.3) is 16.2 Å². The highest BCUT2D eigenvalue weighted by Gasteiger charge is 2.26. The van der Waals surface area contributed by atoms with Crippen molar-refractivity contribution in [2.75, 3.05) is 13.1 Å². The number of halogens is 1. The Morgan fingerprint density at radius 2 is 2.08 bits per heavy atom. The highest BCUT2D eigenvalue weighted by molar-refractivity contribution is 7.19. The predicted octanol–water partition coefficient (Wildman–Crippen LogP) is 4.38. The van der Waals surface area contributed by atoms with Crippen molar-refractivity contribution < 1.29 is 9.18 Å². The van der Waals surface area contributed by atoms with Gasteiger partial charge in [0.1, 0.15) is 10.7 Å². The molecule has 0 unspecified atom stereocenters. The lowest BCUT2D eigenvalue weighted by Gasteiger charge is -2.30. The Hall–Kier alpha value is -2.21. The van der Waals surface area contributed by atoms with Crippen LogP contribution in [0.3, 0.4) is 0 Å². The maximum atomic E-state index is 13.1. The number of thiazole rings is 1. The summed E-state index contributed by atoms with van der Waals surface area (Å²) in [7, 11) is 0. The van der Waals surface area contributed by atoms with Crippen molar-refractivity contribution in [2.45, 2.75) is 26.7 Å². The Labute approximate surface area is 149 Å². The third kappa shape index (κ3) is 2.95. The van der Waals surface area contributed by atoms with Crippen LogP contribution in [0.2, 0.25) is 0 Å². The molecule has 0 radical (unpaired) electrons. The van der Waals surface area contributed by atoms with Gasteiger partial charge in [-0.25, -0.2) is 9.37 Å². The van der Waals surface area contributed by atoms with E-state index in [1.54, 1.807) is 12.1 Å². The smallest absolute Gasteiger partial charge is 0.265 e. The molecule has 1 amide bonds. The average molecular weight is 357 g/mol. The number of benzene rings is 1. The summed E-state index contributed by atoms with van der Waals surface area (Å²) in [5.41, 5.74) is 2.58. The summed E-state index contributed by atoms with van der Waals surface area (Å²) in [5, 5.41) is 0. The first-order valence-corrected chi connectivity index (χ1v) is 9.38. The van der Waals surface area contributed by atoms with Gasteiger partial charge in [0, 0.05) is 30.5 Å². The van der Waals surface area contributed by atoms with E-state index in [1.807, 2.05) is 22.4 Å². The molecule has 1 aromatic carbocycles. The van der Waals surface area contributed by atoms with Crippen LogP contribution in [-0.2, 0) is 0 Å². The normalized spacial score (nSPS) is 18.0. The van der Waals surface area contributed by atoms with E-state index < -0.39 is 0 Å². The van der Waals surface area contributed by atoms with Gasteiger partial charge in [-0.2, -0.15) is 0 Å². The third-order valence-corrected chi connectivity index (χ3v) is 5.98. The van der Waals surface area contributed by atoms with Gasteiger partial charge in [0.25, 0.3) is 5.91 Å². The van der Waals surface area contributed by atoms with E-state index in [2.05, 4.69) is 11.9 Å². The van der Waals surface area contributed by atoms with E-state index in [0.717, 1.165) is 46.3 Å². The molecule has 0 aliphatic carbocycles. The van der Waals surface area contributed by atoms with Crippen molar-refractivity contribution >= 4 is 22.2 Å². The molecule has 1 fully saturated rings. The van der Waals surface area contributed by atoms with Gasteiger partial charge in [-0.15, -0.1) is 0 Å². The second kappa shape index (κ2) is 6.26. The minimum atomic E-state index is -0.260. The molecule has 1 saturated heterocycles. The quantitative estimate of drug-likeness (QED) is 0.682. The fourth-order valence-electron chi connectivity index (χ4n) is 3.43. The summed E-state index contributed by atoms with van der Waals surface area (Å²) >= 11 is 1.43. The van der Waals surface area contributed by atoms with Gasteiger partial charge >= 0.3 is 0 Å². The molecule has 3 heterocycles. The van der Waals surface area contributed by atoms with Gasteiger partial charge in [0.05, 0.1) is 5.69 Å². The zero-order valence-electron chi connectivity index (χ0n) is 14.3. The Kier molecular flexibility index (Phi) is 4.07.